The Kier molecular flexibility index (Phi) is 4.40. The molecule has 1 saturated heterocycles. The molecular weight excluding hydrogens is 336 g/mol. The highest BCUT2D eigenvalue weighted by Crippen LogP contribution is 2.30. The summed E-state index contributed by atoms with van der Waals surface area (Å²) in [4.78, 5) is 40.0. The Balaban J connectivity index is 1.50. The average Bonchev–Trinajstić information content (AvgIpc) is 3.13. The summed E-state index contributed by atoms with van der Waals surface area (Å²) in [5.74, 6) is -1.21. The van der Waals surface area contributed by atoms with Gasteiger partial charge in [0, 0.05) is 37.3 Å². The summed E-state index contributed by atoms with van der Waals surface area (Å²) in [5.41, 5.74) is 0.764. The van der Waals surface area contributed by atoms with Gasteiger partial charge in [-0.15, -0.1) is 0 Å². The molecule has 2 aromatic rings. The number of nitrogens with one attached hydrogen (secondary N) is 1. The van der Waals surface area contributed by atoms with E-state index in [1.807, 2.05) is 0 Å². The van der Waals surface area contributed by atoms with Crippen LogP contribution in [0.4, 0.5) is 0 Å². The molecule has 7 nitrogen and oxygen atoms in total. The highest BCUT2D eigenvalue weighted by atomic mass is 16.5. The van der Waals surface area contributed by atoms with Crippen molar-refractivity contribution >= 4 is 17.5 Å². The smallest absolute Gasteiger partial charge is 0.255 e. The Morgan fingerprint density at radius 1 is 1.08 bits per heavy atom. The molecule has 0 radical (unpaired) electrons. The van der Waals surface area contributed by atoms with Crippen molar-refractivity contribution in [3.63, 3.8) is 0 Å². The van der Waals surface area contributed by atoms with E-state index < -0.39 is 5.91 Å². The molecule has 1 aromatic heterocycles. The van der Waals surface area contributed by atoms with Gasteiger partial charge < -0.3 is 14.5 Å². The van der Waals surface area contributed by atoms with E-state index in [0.717, 1.165) is 13.1 Å². The number of hydrogen-bond donors (Lipinski definition) is 1. The van der Waals surface area contributed by atoms with Crippen molar-refractivity contribution in [2.24, 2.45) is 0 Å². The molecule has 1 aromatic carbocycles. The number of carbonyl (C=O) groups is 3. The van der Waals surface area contributed by atoms with Crippen LogP contribution in [0, 0.1) is 0 Å². The van der Waals surface area contributed by atoms with Crippen molar-refractivity contribution in [2.45, 2.75) is 0 Å². The van der Waals surface area contributed by atoms with Crippen LogP contribution in [0.5, 0.6) is 0 Å². The van der Waals surface area contributed by atoms with Gasteiger partial charge in [0.2, 0.25) is 5.78 Å². The van der Waals surface area contributed by atoms with Crippen LogP contribution < -0.4 is 5.32 Å². The first-order chi connectivity index (χ1) is 12.7. The van der Waals surface area contributed by atoms with Gasteiger partial charge in [0.25, 0.3) is 5.91 Å². The van der Waals surface area contributed by atoms with Gasteiger partial charge >= 0.3 is 0 Å². The lowest BCUT2D eigenvalue weighted by atomic mass is 9.87. The van der Waals surface area contributed by atoms with E-state index in [2.05, 4.69) is 10.2 Å². The second kappa shape index (κ2) is 6.86. The van der Waals surface area contributed by atoms with Gasteiger partial charge in [0.15, 0.2) is 11.5 Å². The van der Waals surface area contributed by atoms with E-state index in [-0.39, 0.29) is 28.5 Å². The van der Waals surface area contributed by atoms with Gasteiger partial charge in [0.05, 0.1) is 24.3 Å². The van der Waals surface area contributed by atoms with Crippen molar-refractivity contribution in [3.8, 4) is 0 Å². The van der Waals surface area contributed by atoms with E-state index in [9.17, 15) is 14.4 Å². The van der Waals surface area contributed by atoms with Crippen molar-refractivity contribution in [1.82, 2.24) is 10.2 Å². The molecule has 4 rings (SSSR count). The fraction of sp³-hybridized carbons (Fsp3) is 0.316. The van der Waals surface area contributed by atoms with Gasteiger partial charge in [-0.25, -0.2) is 0 Å². The van der Waals surface area contributed by atoms with Gasteiger partial charge in [-0.1, -0.05) is 24.3 Å². The fourth-order valence-corrected chi connectivity index (χ4v) is 3.30. The molecule has 0 bridgehead atoms. The zero-order chi connectivity index (χ0) is 18.1. The summed E-state index contributed by atoms with van der Waals surface area (Å²) in [6, 6.07) is 6.56. The molecule has 0 spiro atoms. The third-order valence-corrected chi connectivity index (χ3v) is 4.70. The monoisotopic (exact) mass is 354 g/mol. The molecule has 1 aliphatic carbocycles. The van der Waals surface area contributed by atoms with Crippen LogP contribution in [-0.2, 0) is 4.74 Å². The number of nitrogens with zero attached hydrogens (tertiary/aromatic N) is 1. The maximum atomic E-state index is 12.7. The predicted molar refractivity (Wildman–Crippen MR) is 91.6 cm³/mol. The summed E-state index contributed by atoms with van der Waals surface area (Å²) < 4.78 is 10.6. The van der Waals surface area contributed by atoms with E-state index in [0.29, 0.717) is 37.4 Å². The quantitative estimate of drug-likeness (QED) is 0.755. The summed E-state index contributed by atoms with van der Waals surface area (Å²) in [6.45, 7) is 4.20. The van der Waals surface area contributed by atoms with E-state index in [1.165, 1.54) is 6.26 Å². The Morgan fingerprint density at radius 2 is 1.77 bits per heavy atom. The van der Waals surface area contributed by atoms with Crippen molar-refractivity contribution in [2.75, 3.05) is 39.4 Å². The lowest BCUT2D eigenvalue weighted by Crippen LogP contribution is -2.41. The van der Waals surface area contributed by atoms with E-state index >= 15 is 0 Å². The minimum Gasteiger partial charge on any atom is -0.459 e. The zero-order valence-corrected chi connectivity index (χ0v) is 14.1. The van der Waals surface area contributed by atoms with Gasteiger partial charge in [-0.05, 0) is 0 Å². The first-order valence-corrected chi connectivity index (χ1v) is 8.55. The topological polar surface area (TPSA) is 88.8 Å². The Hall–Kier alpha value is -2.77. The number of benzene rings is 1. The second-order valence-corrected chi connectivity index (χ2v) is 6.27. The van der Waals surface area contributed by atoms with Gasteiger partial charge in [0.1, 0.15) is 6.26 Å². The molecule has 26 heavy (non-hydrogen) atoms. The van der Waals surface area contributed by atoms with Crippen molar-refractivity contribution in [3.05, 3.63) is 58.5 Å². The molecule has 1 N–H and O–H groups in total. The molecule has 7 heteroatoms. The first kappa shape index (κ1) is 16.7. The number of ketones is 2. The molecular formula is C19H18N2O5. The maximum Gasteiger partial charge on any atom is 0.255 e. The number of fused-ring (bicyclic) bond motifs is 2. The number of rotatable bonds is 4. The minimum atomic E-state index is -0.413. The zero-order valence-electron chi connectivity index (χ0n) is 14.1. The average molecular weight is 354 g/mol. The third-order valence-electron chi connectivity index (χ3n) is 4.70. The van der Waals surface area contributed by atoms with Crippen LogP contribution in [-0.4, -0.2) is 61.8 Å². The van der Waals surface area contributed by atoms with Crippen molar-refractivity contribution < 1.29 is 23.5 Å². The number of furan rings is 1. The first-order valence-electron chi connectivity index (χ1n) is 8.55. The molecule has 1 fully saturated rings. The molecule has 134 valence electrons. The number of hydrogen-bond acceptors (Lipinski definition) is 6. The minimum absolute atomic E-state index is 0.0533. The molecule has 2 aliphatic rings. The number of morpholine rings is 1. The Bertz CT molecular complexity index is 880. The summed E-state index contributed by atoms with van der Waals surface area (Å²) in [5, 5.41) is 2.80. The number of ether oxygens (including phenoxy) is 1. The number of amides is 1. The lowest BCUT2D eigenvalue weighted by molar-refractivity contribution is 0.0383. The Labute approximate surface area is 149 Å². The Morgan fingerprint density at radius 3 is 2.50 bits per heavy atom. The van der Waals surface area contributed by atoms with Gasteiger partial charge in [-0.3, -0.25) is 19.3 Å². The van der Waals surface area contributed by atoms with E-state index in [4.69, 9.17) is 9.15 Å². The van der Waals surface area contributed by atoms with Gasteiger partial charge in [-0.2, -0.15) is 0 Å². The molecule has 0 atom stereocenters. The highest BCUT2D eigenvalue weighted by molar-refractivity contribution is 6.29. The van der Waals surface area contributed by atoms with Crippen LogP contribution in [0.3, 0.4) is 0 Å². The van der Waals surface area contributed by atoms with Crippen LogP contribution in [0.2, 0.25) is 0 Å². The van der Waals surface area contributed by atoms with Crippen LogP contribution in [0.15, 0.2) is 34.9 Å². The molecule has 0 saturated carbocycles. The summed E-state index contributed by atoms with van der Waals surface area (Å²) >= 11 is 0. The van der Waals surface area contributed by atoms with Crippen LogP contribution in [0.1, 0.15) is 42.4 Å². The normalized spacial score (nSPS) is 16.9. The lowest BCUT2D eigenvalue weighted by Gasteiger charge is -2.26. The van der Waals surface area contributed by atoms with E-state index in [1.54, 1.807) is 24.3 Å². The van der Waals surface area contributed by atoms with Crippen LogP contribution in [0.25, 0.3) is 0 Å². The summed E-state index contributed by atoms with van der Waals surface area (Å²) in [6.07, 6.45) is 1.19. The predicted octanol–water partition coefficient (Wildman–Crippen LogP) is 1.12. The molecule has 1 aliphatic heterocycles. The SMILES string of the molecule is O=C(NCCN1CCOCC1)c1coc2c1C(=O)c1ccccc1C2=O. The highest BCUT2D eigenvalue weighted by Gasteiger charge is 2.36. The largest absolute Gasteiger partial charge is 0.459 e. The maximum absolute atomic E-state index is 12.7. The molecule has 2 heterocycles. The summed E-state index contributed by atoms with van der Waals surface area (Å²) in [7, 11) is 0. The molecule has 0 unspecified atom stereocenters. The fourth-order valence-electron chi connectivity index (χ4n) is 3.30. The second-order valence-electron chi connectivity index (χ2n) is 6.27. The van der Waals surface area contributed by atoms with Crippen molar-refractivity contribution in [1.29, 1.82) is 0 Å². The third kappa shape index (κ3) is 2.85. The standard InChI is InChI=1S/C19H18N2O5/c22-16-12-3-1-2-4-13(12)17(23)18-15(16)14(11-26-18)19(24)20-5-6-21-7-9-25-10-8-21/h1-4,11H,5-10H2,(H,20,24). The van der Waals surface area contributed by atoms with Crippen LogP contribution >= 0.6 is 0 Å². The number of carbonyl (C=O) groups excluding carboxylic acids is 3. The molecule has 1 amide bonds.